The fourth-order valence-corrected chi connectivity index (χ4v) is 5.06. The first-order valence-corrected chi connectivity index (χ1v) is 10.6. The maximum Gasteiger partial charge on any atom is 0.241 e. The minimum atomic E-state index is -3.61. The van der Waals surface area contributed by atoms with Crippen LogP contribution in [-0.2, 0) is 21.4 Å². The zero-order valence-corrected chi connectivity index (χ0v) is 16.6. The molecule has 0 saturated heterocycles. The third kappa shape index (κ3) is 4.39. The highest BCUT2D eigenvalue weighted by atomic mass is 32.2. The van der Waals surface area contributed by atoms with E-state index in [9.17, 15) is 13.2 Å². The number of nitrogens with one attached hydrogen (secondary N) is 2. The molecule has 0 atom stereocenters. The lowest BCUT2D eigenvalue weighted by molar-refractivity contribution is -0.119. The molecule has 1 aromatic heterocycles. The summed E-state index contributed by atoms with van der Waals surface area (Å²) in [5, 5.41) is 6.66. The first kappa shape index (κ1) is 19.6. The Morgan fingerprint density at radius 2 is 1.96 bits per heavy atom. The summed E-state index contributed by atoms with van der Waals surface area (Å²) in [5.41, 5.74) is 2.74. The van der Waals surface area contributed by atoms with Crippen LogP contribution in [0.25, 0.3) is 11.1 Å². The van der Waals surface area contributed by atoms with Crippen LogP contribution < -0.4 is 10.0 Å². The summed E-state index contributed by atoms with van der Waals surface area (Å²) in [6.07, 6.45) is 3.87. The number of aryl methyl sites for hydroxylation is 2. The Balaban J connectivity index is 1.96. The van der Waals surface area contributed by atoms with Gasteiger partial charge in [0.2, 0.25) is 15.9 Å². The first-order chi connectivity index (χ1) is 12.8. The average Bonchev–Trinajstić information content (AvgIpc) is 3.22. The Kier molecular flexibility index (Phi) is 5.67. The summed E-state index contributed by atoms with van der Waals surface area (Å²) < 4.78 is 34.0. The highest BCUT2D eigenvalue weighted by Gasteiger charge is 2.25. The highest BCUT2D eigenvalue weighted by molar-refractivity contribution is 7.89. The number of nitrogens with zero attached hydrogens (tertiary/aromatic N) is 1. The molecule has 1 aliphatic carbocycles. The van der Waals surface area contributed by atoms with Crippen LogP contribution in [0.1, 0.15) is 49.6 Å². The molecular weight excluding hydrogens is 366 g/mol. The van der Waals surface area contributed by atoms with Gasteiger partial charge in [-0.2, -0.15) is 0 Å². The number of amides is 1. The number of hydrogen-bond acceptors (Lipinski definition) is 5. The van der Waals surface area contributed by atoms with E-state index in [0.717, 1.165) is 25.7 Å². The molecule has 1 heterocycles. The number of aromatic nitrogens is 1. The minimum Gasteiger partial charge on any atom is -0.359 e. The van der Waals surface area contributed by atoms with Crippen LogP contribution in [0.3, 0.4) is 0 Å². The summed E-state index contributed by atoms with van der Waals surface area (Å²) in [6, 6.07) is 5.29. The second-order valence-electron chi connectivity index (χ2n) is 7.06. The fraction of sp³-hybridized carbons (Fsp3) is 0.474. The molecule has 0 aliphatic heterocycles. The van der Waals surface area contributed by atoms with Gasteiger partial charge < -0.3 is 9.84 Å². The van der Waals surface area contributed by atoms with Crippen molar-refractivity contribution in [3.05, 3.63) is 35.2 Å². The molecular formula is C19H25N3O4S. The van der Waals surface area contributed by atoms with Crippen molar-refractivity contribution in [3.63, 3.8) is 0 Å². The third-order valence-corrected chi connectivity index (χ3v) is 6.54. The number of rotatable bonds is 6. The summed E-state index contributed by atoms with van der Waals surface area (Å²) in [4.78, 5) is 11.5. The Morgan fingerprint density at radius 3 is 2.63 bits per heavy atom. The lowest BCUT2D eigenvalue weighted by Crippen LogP contribution is -2.33. The number of carbonyl (C=O) groups excluding carboxylic acids is 1. The molecule has 3 rings (SSSR count). The average molecular weight is 391 g/mol. The summed E-state index contributed by atoms with van der Waals surface area (Å²) >= 11 is 0. The molecule has 2 aromatic rings. The van der Waals surface area contributed by atoms with E-state index in [1.165, 1.54) is 6.92 Å². The predicted molar refractivity (Wildman–Crippen MR) is 102 cm³/mol. The van der Waals surface area contributed by atoms with E-state index in [0.29, 0.717) is 28.1 Å². The van der Waals surface area contributed by atoms with Gasteiger partial charge in [0.05, 0.1) is 17.1 Å². The third-order valence-electron chi connectivity index (χ3n) is 4.87. The normalized spacial score (nSPS) is 15.2. The first-order valence-electron chi connectivity index (χ1n) is 9.11. The van der Waals surface area contributed by atoms with E-state index in [1.807, 2.05) is 6.07 Å². The predicted octanol–water partition coefficient (Wildman–Crippen LogP) is 2.82. The van der Waals surface area contributed by atoms with Gasteiger partial charge in [0, 0.05) is 18.5 Å². The Hall–Kier alpha value is -2.19. The summed E-state index contributed by atoms with van der Waals surface area (Å²) in [6.45, 7) is 5.20. The van der Waals surface area contributed by atoms with Crippen molar-refractivity contribution in [2.45, 2.75) is 63.9 Å². The van der Waals surface area contributed by atoms with Gasteiger partial charge in [-0.05, 0) is 43.9 Å². The van der Waals surface area contributed by atoms with E-state index in [4.69, 9.17) is 4.52 Å². The Labute approximate surface area is 159 Å². The van der Waals surface area contributed by atoms with E-state index >= 15 is 0 Å². The van der Waals surface area contributed by atoms with Crippen molar-refractivity contribution in [3.8, 4) is 11.1 Å². The Bertz CT molecular complexity index is 944. The van der Waals surface area contributed by atoms with Gasteiger partial charge in [0.1, 0.15) is 0 Å². The van der Waals surface area contributed by atoms with E-state index in [1.54, 1.807) is 26.0 Å². The molecule has 1 aliphatic rings. The zero-order chi connectivity index (χ0) is 19.6. The van der Waals surface area contributed by atoms with Crippen molar-refractivity contribution < 1.29 is 17.7 Å². The molecule has 7 nitrogen and oxygen atoms in total. The molecule has 0 bridgehead atoms. The van der Waals surface area contributed by atoms with Crippen LogP contribution in [0.2, 0.25) is 0 Å². The maximum atomic E-state index is 12.9. The molecule has 27 heavy (non-hydrogen) atoms. The van der Waals surface area contributed by atoms with Gasteiger partial charge in [-0.3, -0.25) is 4.79 Å². The molecule has 1 aromatic carbocycles. The zero-order valence-electron chi connectivity index (χ0n) is 15.8. The van der Waals surface area contributed by atoms with Crippen molar-refractivity contribution in [2.24, 2.45) is 0 Å². The van der Waals surface area contributed by atoms with E-state index < -0.39 is 10.0 Å². The lowest BCUT2D eigenvalue weighted by atomic mass is 10.0. The summed E-state index contributed by atoms with van der Waals surface area (Å²) in [7, 11) is -3.61. The van der Waals surface area contributed by atoms with Gasteiger partial charge in [-0.25, -0.2) is 13.1 Å². The smallest absolute Gasteiger partial charge is 0.241 e. The molecule has 8 heteroatoms. The molecule has 0 spiro atoms. The standard InChI is InChI=1S/C19H25N3O4S/c1-12-8-9-15(19-13(2)21-26-17(19)11-20-14(3)23)10-18(12)27(24,25)22-16-6-4-5-7-16/h8-10,16,22H,4-7,11H2,1-3H3,(H,20,23). The molecule has 0 unspecified atom stereocenters. The molecule has 2 N–H and O–H groups in total. The van der Waals surface area contributed by atoms with Gasteiger partial charge in [-0.15, -0.1) is 0 Å². The highest BCUT2D eigenvalue weighted by Crippen LogP contribution is 2.31. The monoisotopic (exact) mass is 391 g/mol. The number of hydrogen-bond donors (Lipinski definition) is 2. The maximum absolute atomic E-state index is 12.9. The molecule has 1 amide bonds. The van der Waals surface area contributed by atoms with Crippen LogP contribution in [0.4, 0.5) is 0 Å². The second kappa shape index (κ2) is 7.82. The SMILES string of the molecule is CC(=O)NCc1onc(C)c1-c1ccc(C)c(S(=O)(=O)NC2CCCC2)c1. The van der Waals surface area contributed by atoms with Gasteiger partial charge in [-0.1, -0.05) is 30.1 Å². The molecule has 1 fully saturated rings. The fourth-order valence-electron chi connectivity index (χ4n) is 3.48. The second-order valence-corrected chi connectivity index (χ2v) is 8.74. The summed E-state index contributed by atoms with van der Waals surface area (Å²) in [5.74, 6) is 0.321. The van der Waals surface area contributed by atoms with E-state index in [2.05, 4.69) is 15.2 Å². The van der Waals surface area contributed by atoms with Gasteiger partial charge >= 0.3 is 0 Å². The minimum absolute atomic E-state index is 0.00529. The number of sulfonamides is 1. The van der Waals surface area contributed by atoms with Gasteiger partial charge in [0.25, 0.3) is 0 Å². The molecule has 0 radical (unpaired) electrons. The number of benzene rings is 1. The topological polar surface area (TPSA) is 101 Å². The quantitative estimate of drug-likeness (QED) is 0.788. The van der Waals surface area contributed by atoms with E-state index in [-0.39, 0.29) is 23.4 Å². The number of carbonyl (C=O) groups is 1. The van der Waals surface area contributed by atoms with Crippen LogP contribution >= 0.6 is 0 Å². The van der Waals surface area contributed by atoms with Crippen molar-refractivity contribution in [1.29, 1.82) is 0 Å². The van der Waals surface area contributed by atoms with Gasteiger partial charge in [0.15, 0.2) is 5.76 Å². The van der Waals surface area contributed by atoms with Crippen LogP contribution in [0.5, 0.6) is 0 Å². The van der Waals surface area contributed by atoms with Crippen molar-refractivity contribution >= 4 is 15.9 Å². The van der Waals surface area contributed by atoms with Crippen LogP contribution in [-0.4, -0.2) is 25.5 Å². The van der Waals surface area contributed by atoms with Crippen LogP contribution in [0, 0.1) is 13.8 Å². The lowest BCUT2D eigenvalue weighted by Gasteiger charge is -2.15. The Morgan fingerprint density at radius 1 is 1.26 bits per heavy atom. The van der Waals surface area contributed by atoms with Crippen molar-refractivity contribution in [1.82, 2.24) is 15.2 Å². The van der Waals surface area contributed by atoms with Crippen molar-refractivity contribution in [2.75, 3.05) is 0 Å². The largest absolute Gasteiger partial charge is 0.359 e. The van der Waals surface area contributed by atoms with Crippen LogP contribution in [0.15, 0.2) is 27.6 Å². The molecule has 1 saturated carbocycles. The molecule has 146 valence electrons.